The van der Waals surface area contributed by atoms with Crippen LogP contribution in [0.4, 0.5) is 17.1 Å². The van der Waals surface area contributed by atoms with Crippen LogP contribution in [-0.4, -0.2) is 0 Å². The van der Waals surface area contributed by atoms with Crippen molar-refractivity contribution in [1.82, 2.24) is 0 Å². The Hall–Kier alpha value is -8.60. The van der Waals surface area contributed by atoms with Crippen molar-refractivity contribution in [2.45, 2.75) is 19.3 Å². The van der Waals surface area contributed by atoms with Crippen LogP contribution in [0.5, 0.6) is 0 Å². The summed E-state index contributed by atoms with van der Waals surface area (Å²) < 4.78 is 19.9. The molecule has 0 saturated heterocycles. The van der Waals surface area contributed by atoms with Gasteiger partial charge in [-0.2, -0.15) is 0 Å². The van der Waals surface area contributed by atoms with Gasteiger partial charge in [-0.1, -0.05) is 178 Å². The van der Waals surface area contributed by atoms with E-state index in [-0.39, 0.29) is 5.41 Å². The first kappa shape index (κ1) is 37.7. The van der Waals surface area contributed by atoms with Gasteiger partial charge in [0, 0.05) is 77.0 Å². The minimum Gasteiger partial charge on any atom is -0.455 e. The third kappa shape index (κ3) is 5.60. The second kappa shape index (κ2) is 14.2. The van der Waals surface area contributed by atoms with Gasteiger partial charge in [-0.15, -0.1) is 0 Å². The maximum absolute atomic E-state index is 7.01. The van der Waals surface area contributed by atoms with E-state index < -0.39 is 0 Å². The molecule has 0 atom stereocenters. The SMILES string of the molecule is CC1(C)c2ccccc2-c2c1ccc1c2oc2c(-c3ccc(N(c4ccc(-c5cccc6c5oc5ccccc56)cc4)c4ccc(-c5cccc6c5oc5ccccc56)cc4)cc3)cccc21. The topological polar surface area (TPSA) is 42.7 Å². The van der Waals surface area contributed by atoms with E-state index in [1.54, 1.807) is 0 Å². The van der Waals surface area contributed by atoms with Crippen molar-refractivity contribution in [3.05, 3.63) is 223 Å². The van der Waals surface area contributed by atoms with Crippen molar-refractivity contribution in [3.63, 3.8) is 0 Å². The molecule has 3 heterocycles. The zero-order chi connectivity index (χ0) is 44.4. The maximum atomic E-state index is 7.01. The molecule has 0 spiro atoms. The van der Waals surface area contributed by atoms with Gasteiger partial charge in [0.15, 0.2) is 0 Å². The highest BCUT2D eigenvalue weighted by molar-refractivity contribution is 6.15. The Balaban J connectivity index is 0.874. The molecule has 316 valence electrons. The molecule has 4 nitrogen and oxygen atoms in total. The summed E-state index contributed by atoms with van der Waals surface area (Å²) in [4.78, 5) is 2.32. The average molecular weight is 860 g/mol. The lowest BCUT2D eigenvalue weighted by molar-refractivity contribution is 0.653. The smallest absolute Gasteiger partial charge is 0.143 e. The summed E-state index contributed by atoms with van der Waals surface area (Å²) in [6.07, 6.45) is 0. The molecule has 0 fully saturated rings. The van der Waals surface area contributed by atoms with E-state index in [2.05, 4.69) is 207 Å². The highest BCUT2D eigenvalue weighted by Gasteiger charge is 2.37. The number of nitrogens with zero attached hydrogens (tertiary/aromatic N) is 1. The Kier molecular flexibility index (Phi) is 8.00. The Morgan fingerprint density at radius 3 is 1.19 bits per heavy atom. The first-order valence-electron chi connectivity index (χ1n) is 23.0. The van der Waals surface area contributed by atoms with Crippen molar-refractivity contribution in [2.75, 3.05) is 4.90 Å². The highest BCUT2D eigenvalue weighted by atomic mass is 16.3. The number of rotatable bonds is 6. The lowest BCUT2D eigenvalue weighted by atomic mass is 9.82. The highest BCUT2D eigenvalue weighted by Crippen LogP contribution is 2.53. The number of fused-ring (bicyclic) bond motifs is 13. The summed E-state index contributed by atoms with van der Waals surface area (Å²) in [5.74, 6) is 0. The Bertz CT molecular complexity index is 3950. The van der Waals surface area contributed by atoms with Crippen LogP contribution in [0.25, 0.3) is 110 Å². The van der Waals surface area contributed by atoms with Crippen molar-refractivity contribution >= 4 is 82.9 Å². The zero-order valence-corrected chi connectivity index (χ0v) is 36.9. The van der Waals surface area contributed by atoms with E-state index >= 15 is 0 Å². The average Bonchev–Trinajstić information content (AvgIpc) is 4.13. The third-order valence-electron chi connectivity index (χ3n) is 14.3. The molecule has 0 N–H and O–H groups in total. The first-order valence-corrected chi connectivity index (χ1v) is 23.0. The second-order valence-electron chi connectivity index (χ2n) is 18.4. The van der Waals surface area contributed by atoms with Crippen molar-refractivity contribution < 1.29 is 13.3 Å². The van der Waals surface area contributed by atoms with Crippen LogP contribution in [0.3, 0.4) is 0 Å². The van der Waals surface area contributed by atoms with Gasteiger partial charge in [-0.25, -0.2) is 0 Å². The minimum absolute atomic E-state index is 0.102. The van der Waals surface area contributed by atoms with Crippen LogP contribution in [0.1, 0.15) is 25.0 Å². The fourth-order valence-electron chi connectivity index (χ4n) is 11.0. The molecule has 0 aliphatic heterocycles. The molecule has 1 aliphatic rings. The summed E-state index contributed by atoms with van der Waals surface area (Å²) in [5, 5.41) is 6.76. The van der Waals surface area contributed by atoms with Gasteiger partial charge >= 0.3 is 0 Å². The molecule has 67 heavy (non-hydrogen) atoms. The van der Waals surface area contributed by atoms with Crippen molar-refractivity contribution in [2.24, 2.45) is 0 Å². The van der Waals surface area contributed by atoms with Gasteiger partial charge < -0.3 is 18.2 Å². The van der Waals surface area contributed by atoms with E-state index in [0.29, 0.717) is 0 Å². The van der Waals surface area contributed by atoms with Crippen LogP contribution in [0.2, 0.25) is 0 Å². The number of hydrogen-bond acceptors (Lipinski definition) is 4. The van der Waals surface area contributed by atoms with E-state index in [9.17, 15) is 0 Å². The van der Waals surface area contributed by atoms with Crippen LogP contribution in [-0.2, 0) is 5.41 Å². The molecule has 14 rings (SSSR count). The van der Waals surface area contributed by atoms with Gasteiger partial charge in [0.1, 0.15) is 33.5 Å². The summed E-state index contributed by atoms with van der Waals surface area (Å²) in [7, 11) is 0. The molecule has 1 aliphatic carbocycles. The fourth-order valence-corrected chi connectivity index (χ4v) is 11.0. The van der Waals surface area contributed by atoms with Gasteiger partial charge in [0.2, 0.25) is 0 Å². The lowest BCUT2D eigenvalue weighted by Crippen LogP contribution is -2.14. The van der Waals surface area contributed by atoms with Gasteiger partial charge in [0.05, 0.1) is 0 Å². The zero-order valence-electron chi connectivity index (χ0n) is 36.9. The van der Waals surface area contributed by atoms with Crippen LogP contribution in [0.15, 0.2) is 226 Å². The van der Waals surface area contributed by atoms with E-state index in [1.165, 1.54) is 22.3 Å². The largest absolute Gasteiger partial charge is 0.455 e. The third-order valence-corrected chi connectivity index (χ3v) is 14.3. The molecule has 3 aromatic heterocycles. The summed E-state index contributed by atoms with van der Waals surface area (Å²) in [5.41, 5.74) is 20.1. The van der Waals surface area contributed by atoms with Gasteiger partial charge in [0.25, 0.3) is 0 Å². The maximum Gasteiger partial charge on any atom is 0.143 e. The predicted molar refractivity (Wildman–Crippen MR) is 277 cm³/mol. The van der Waals surface area contributed by atoms with E-state index in [1.807, 2.05) is 24.3 Å². The Morgan fingerprint density at radius 2 is 0.687 bits per heavy atom. The Labute approximate surface area is 386 Å². The molecule has 13 aromatic rings. The molecule has 0 unspecified atom stereocenters. The van der Waals surface area contributed by atoms with E-state index in [4.69, 9.17) is 13.3 Å². The number of furan rings is 3. The standard InChI is InChI=1S/C63H41NO3/c1-63(2)54-21-6-3-14-53(54)58-55(63)37-36-52-51-20-11-17-46(61(51)67-62(52)58)40-28-34-43(35-29-40)64(41-30-24-38(25-31-41)44-15-9-18-49-47-12-4-7-22-56(47)65-59(44)49)42-32-26-39(27-33-42)45-16-10-19-50-48-13-5-8-23-57(48)66-60(45)50/h3-37H,1-2H3. The minimum atomic E-state index is -0.102. The van der Waals surface area contributed by atoms with Crippen LogP contribution < -0.4 is 4.90 Å². The molecular formula is C63H41NO3. The van der Waals surface area contributed by atoms with Crippen LogP contribution in [0, 0.1) is 0 Å². The summed E-state index contributed by atoms with van der Waals surface area (Å²) in [6, 6.07) is 75.7. The molecule has 0 radical (unpaired) electrons. The lowest BCUT2D eigenvalue weighted by Gasteiger charge is -2.26. The first-order chi connectivity index (χ1) is 33.0. The van der Waals surface area contributed by atoms with Gasteiger partial charge in [-0.3, -0.25) is 0 Å². The van der Waals surface area contributed by atoms with E-state index in [0.717, 1.165) is 116 Å². The monoisotopic (exact) mass is 859 g/mol. The number of benzene rings is 10. The number of anilines is 3. The van der Waals surface area contributed by atoms with Crippen molar-refractivity contribution in [3.8, 4) is 44.5 Å². The number of hydrogen-bond donors (Lipinski definition) is 0. The normalized spacial score (nSPS) is 13.0. The van der Waals surface area contributed by atoms with Gasteiger partial charge in [-0.05, 0) is 81.9 Å². The second-order valence-corrected chi connectivity index (χ2v) is 18.4. The molecule has 0 saturated carbocycles. The quantitative estimate of drug-likeness (QED) is 0.167. The molecule has 4 heteroatoms. The molecule has 0 bridgehead atoms. The fraction of sp³-hybridized carbons (Fsp3) is 0.0476. The summed E-state index contributed by atoms with van der Waals surface area (Å²) >= 11 is 0. The molecule has 10 aromatic carbocycles. The molecular weight excluding hydrogens is 819 g/mol. The number of para-hydroxylation sites is 5. The summed E-state index contributed by atoms with van der Waals surface area (Å²) in [6.45, 7) is 4.63. The molecule has 0 amide bonds. The van der Waals surface area contributed by atoms with Crippen LogP contribution >= 0.6 is 0 Å². The Morgan fingerprint density at radius 1 is 0.299 bits per heavy atom. The van der Waals surface area contributed by atoms with Crippen molar-refractivity contribution in [1.29, 1.82) is 0 Å². The predicted octanol–water partition coefficient (Wildman–Crippen LogP) is 18.2.